The normalized spacial score (nSPS) is 17.9. The fourth-order valence-corrected chi connectivity index (χ4v) is 2.90. The van der Waals surface area contributed by atoms with Crippen molar-refractivity contribution in [2.45, 2.75) is 13.8 Å². The summed E-state index contributed by atoms with van der Waals surface area (Å²) in [7, 11) is -3.55. The molecular formula is C13H16ClNO6S. The van der Waals surface area contributed by atoms with Crippen molar-refractivity contribution in [1.82, 2.24) is 0 Å². The van der Waals surface area contributed by atoms with Crippen LogP contribution in [0.5, 0.6) is 0 Å². The molecule has 2 rings (SSSR count). The molecule has 1 aromatic rings. The number of methoxy groups -OCH3 is 1. The molecular weight excluding hydrogens is 334 g/mol. The highest BCUT2D eigenvalue weighted by atomic mass is 35.7. The van der Waals surface area contributed by atoms with Crippen molar-refractivity contribution in [3.63, 3.8) is 0 Å². The van der Waals surface area contributed by atoms with Crippen LogP contribution in [0.15, 0.2) is 34.7 Å². The molecule has 1 N–H and O–H groups in total. The van der Waals surface area contributed by atoms with E-state index in [1.54, 1.807) is 0 Å². The first-order valence-corrected chi connectivity index (χ1v) is 8.17. The largest absolute Gasteiger partial charge is 0.465 e. The maximum absolute atomic E-state index is 11.3. The molecule has 0 bridgehead atoms. The number of carbonyl (C=O) groups is 1. The van der Waals surface area contributed by atoms with E-state index in [1.165, 1.54) is 27.6 Å². The number of quaternary nitrogens is 1. The molecule has 122 valence electrons. The van der Waals surface area contributed by atoms with Gasteiger partial charge in [0.1, 0.15) is 24.2 Å². The van der Waals surface area contributed by atoms with Crippen LogP contribution in [0.25, 0.3) is 0 Å². The zero-order valence-electron chi connectivity index (χ0n) is 12.3. The summed E-state index contributed by atoms with van der Waals surface area (Å²) in [5.74, 6) is -0.286. The Hall–Kier alpha value is -1.13. The van der Waals surface area contributed by atoms with Crippen molar-refractivity contribution < 1.29 is 42.7 Å². The molecule has 9 heteroatoms. The smallest absolute Gasteiger partial charge is 0.337 e. The minimum absolute atomic E-state index is 0.286. The summed E-state index contributed by atoms with van der Waals surface area (Å²) >= 11 is 1.83. The highest BCUT2D eigenvalue weighted by molar-refractivity contribution is 7.97. The number of esters is 1. The van der Waals surface area contributed by atoms with Gasteiger partial charge in [0.25, 0.3) is 0 Å². The fourth-order valence-electron chi connectivity index (χ4n) is 1.74. The number of allylic oxidation sites excluding steroid dienone is 1. The van der Waals surface area contributed by atoms with Crippen molar-refractivity contribution in [3.8, 4) is 0 Å². The highest BCUT2D eigenvalue weighted by Crippen LogP contribution is 2.21. The summed E-state index contributed by atoms with van der Waals surface area (Å²) in [6.07, 6.45) is 0. The van der Waals surface area contributed by atoms with Crippen LogP contribution in [0.3, 0.4) is 0 Å². The van der Waals surface area contributed by atoms with Gasteiger partial charge >= 0.3 is 5.97 Å². The molecule has 0 saturated heterocycles. The summed E-state index contributed by atoms with van der Waals surface area (Å²) in [5, 5.41) is 0. The lowest BCUT2D eigenvalue weighted by Gasteiger charge is -2.17. The fraction of sp³-hybridized carbons (Fsp3) is 0.308. The molecule has 1 aliphatic heterocycles. The third kappa shape index (κ3) is 6.32. The first-order valence-electron chi connectivity index (χ1n) is 6.12. The van der Waals surface area contributed by atoms with Gasteiger partial charge < -0.3 is 4.74 Å². The lowest BCUT2D eigenvalue weighted by Crippen LogP contribution is -2.98. The summed E-state index contributed by atoms with van der Waals surface area (Å²) in [5.41, 5.74) is 3.22. The van der Waals surface area contributed by atoms with Crippen LogP contribution >= 0.6 is 11.9 Å². The van der Waals surface area contributed by atoms with E-state index >= 15 is 0 Å². The predicted molar refractivity (Wildman–Crippen MR) is 69.2 cm³/mol. The lowest BCUT2D eigenvalue weighted by atomic mass is 10.2. The van der Waals surface area contributed by atoms with Gasteiger partial charge in [-0.3, -0.25) is 0 Å². The minimum Gasteiger partial charge on any atom is -0.465 e. The average Bonchev–Trinajstić information content (AvgIpc) is 2.76. The van der Waals surface area contributed by atoms with Gasteiger partial charge in [0.2, 0.25) is 0 Å². The van der Waals surface area contributed by atoms with Crippen molar-refractivity contribution in [2.75, 3.05) is 13.7 Å². The van der Waals surface area contributed by atoms with E-state index in [0.29, 0.717) is 5.56 Å². The first kappa shape index (κ1) is 18.9. The zero-order chi connectivity index (χ0) is 16.9. The maximum Gasteiger partial charge on any atom is 0.337 e. The van der Waals surface area contributed by atoms with Crippen LogP contribution in [0.2, 0.25) is 0 Å². The number of hydrogen-bond acceptors (Lipinski definition) is 7. The number of rotatable bonds is 2. The van der Waals surface area contributed by atoms with Crippen molar-refractivity contribution in [3.05, 3.63) is 40.3 Å². The second-order valence-corrected chi connectivity index (χ2v) is 6.55. The Morgan fingerprint density at radius 3 is 2.05 bits per heavy atom. The van der Waals surface area contributed by atoms with E-state index in [9.17, 15) is 4.79 Å². The number of halogens is 1. The maximum atomic E-state index is 11.3. The van der Waals surface area contributed by atoms with Crippen molar-refractivity contribution >= 4 is 23.6 Å². The molecule has 0 fully saturated rings. The molecule has 7 nitrogen and oxygen atoms in total. The quantitative estimate of drug-likeness (QED) is 0.451. The van der Waals surface area contributed by atoms with Gasteiger partial charge in [0, 0.05) is 17.0 Å². The molecule has 0 aromatic heterocycles. The number of ether oxygens (including phenoxy) is 1. The predicted octanol–water partition coefficient (Wildman–Crippen LogP) is -2.81. The monoisotopic (exact) mass is 349 g/mol. The Labute approximate surface area is 134 Å². The Bertz CT molecular complexity index is 535. The first-order chi connectivity index (χ1) is 10.1. The number of carbonyl (C=O) groups excluding carboxylic acids is 1. The van der Waals surface area contributed by atoms with Gasteiger partial charge in [-0.1, -0.05) is 0 Å². The van der Waals surface area contributed by atoms with Crippen LogP contribution in [0.1, 0.15) is 24.2 Å². The number of nitrogens with one attached hydrogen (secondary N) is 1. The SMILES string of the molecule is COC(=O)c1ccc([NH+]2CC(C)=C(C)S2)cc1.[O-][Cl+3]([O-])([O-])[O-]. The van der Waals surface area contributed by atoms with Gasteiger partial charge in [0.05, 0.1) is 12.7 Å². The van der Waals surface area contributed by atoms with Gasteiger partial charge in [0.15, 0.2) is 0 Å². The van der Waals surface area contributed by atoms with E-state index in [2.05, 4.69) is 18.6 Å². The number of benzene rings is 1. The minimum atomic E-state index is -4.94. The molecule has 0 aliphatic carbocycles. The molecule has 1 atom stereocenters. The van der Waals surface area contributed by atoms with Crippen molar-refractivity contribution in [1.29, 1.82) is 0 Å². The van der Waals surface area contributed by atoms with Crippen LogP contribution in [-0.4, -0.2) is 19.6 Å². The second kappa shape index (κ2) is 7.93. The molecule has 0 spiro atoms. The van der Waals surface area contributed by atoms with Crippen LogP contribution in [0.4, 0.5) is 5.69 Å². The van der Waals surface area contributed by atoms with Crippen LogP contribution < -0.4 is 22.9 Å². The second-order valence-electron chi connectivity index (χ2n) is 4.49. The topological polar surface area (TPSA) is 123 Å². The van der Waals surface area contributed by atoms with E-state index in [0.717, 1.165) is 6.54 Å². The Morgan fingerprint density at radius 1 is 1.18 bits per heavy atom. The average molecular weight is 350 g/mol. The highest BCUT2D eigenvalue weighted by Gasteiger charge is 2.24. The molecule has 1 unspecified atom stereocenters. The molecule has 1 heterocycles. The number of hydrogen-bond donors (Lipinski definition) is 1. The molecule has 0 saturated carbocycles. The molecule has 0 radical (unpaired) electrons. The summed E-state index contributed by atoms with van der Waals surface area (Å²) < 4.78 is 40.0. The van der Waals surface area contributed by atoms with Gasteiger partial charge in [-0.05, 0) is 31.6 Å². The third-order valence-corrected chi connectivity index (χ3v) is 4.21. The van der Waals surface area contributed by atoms with Crippen LogP contribution in [-0.2, 0) is 4.74 Å². The van der Waals surface area contributed by atoms with E-state index in [-0.39, 0.29) is 5.97 Å². The van der Waals surface area contributed by atoms with Crippen molar-refractivity contribution in [2.24, 2.45) is 0 Å². The van der Waals surface area contributed by atoms with Gasteiger partial charge in [-0.25, -0.2) is 27.7 Å². The Balaban J connectivity index is 0.000000422. The molecule has 0 amide bonds. The molecule has 1 aliphatic rings. The lowest BCUT2D eigenvalue weighted by molar-refractivity contribution is -2.00. The summed E-state index contributed by atoms with van der Waals surface area (Å²) in [4.78, 5) is 12.7. The van der Waals surface area contributed by atoms with Gasteiger partial charge in [-0.15, -0.1) is 10.2 Å². The summed E-state index contributed by atoms with van der Waals surface area (Å²) in [6, 6.07) is 7.61. The zero-order valence-corrected chi connectivity index (χ0v) is 13.8. The molecule has 1 aromatic carbocycles. The Morgan fingerprint density at radius 2 is 1.68 bits per heavy atom. The van der Waals surface area contributed by atoms with Crippen LogP contribution in [0, 0.1) is 10.2 Å². The molecule has 22 heavy (non-hydrogen) atoms. The van der Waals surface area contributed by atoms with E-state index in [4.69, 9.17) is 18.6 Å². The van der Waals surface area contributed by atoms with E-state index in [1.807, 2.05) is 36.2 Å². The van der Waals surface area contributed by atoms with E-state index < -0.39 is 10.2 Å². The summed E-state index contributed by atoms with van der Waals surface area (Å²) in [6.45, 7) is 5.34. The third-order valence-electron chi connectivity index (χ3n) is 2.93. The Kier molecular flexibility index (Phi) is 6.82. The van der Waals surface area contributed by atoms with Gasteiger partial charge in [-0.2, -0.15) is 0 Å². The standard InChI is InChI=1S/C13H15NO2S.ClHO4/c1-9-8-14(17-10(9)2)12-6-4-11(5-7-12)13(15)16-3;2-1(3,4)5/h4-7H,8H2,1-3H3;(H,2,3,4,5).